The van der Waals surface area contributed by atoms with Gasteiger partial charge in [0.15, 0.2) is 5.82 Å². The predicted molar refractivity (Wildman–Crippen MR) is 82.9 cm³/mol. The molecule has 0 saturated carbocycles. The van der Waals surface area contributed by atoms with Crippen molar-refractivity contribution in [1.82, 2.24) is 25.5 Å². The lowest BCUT2D eigenvalue weighted by atomic mass is 10.1. The van der Waals surface area contributed by atoms with Crippen LogP contribution in [0.15, 0.2) is 12.1 Å². The van der Waals surface area contributed by atoms with Gasteiger partial charge in [-0.05, 0) is 39.8 Å². The summed E-state index contributed by atoms with van der Waals surface area (Å²) in [5.74, 6) is 3.12. The van der Waals surface area contributed by atoms with E-state index in [0.29, 0.717) is 6.04 Å². The van der Waals surface area contributed by atoms with E-state index in [0.717, 1.165) is 54.9 Å². The van der Waals surface area contributed by atoms with Crippen LogP contribution < -0.4 is 16.0 Å². The molecule has 7 heteroatoms. The van der Waals surface area contributed by atoms with Gasteiger partial charge in [0.2, 0.25) is 0 Å². The zero-order valence-corrected chi connectivity index (χ0v) is 12.4. The summed E-state index contributed by atoms with van der Waals surface area (Å²) in [6, 6.07) is 4.34. The summed E-state index contributed by atoms with van der Waals surface area (Å²) in [7, 11) is 0. The van der Waals surface area contributed by atoms with Crippen LogP contribution in [-0.4, -0.2) is 39.3 Å². The van der Waals surface area contributed by atoms with Crippen molar-refractivity contribution in [3.63, 3.8) is 0 Å². The Morgan fingerprint density at radius 3 is 2.52 bits per heavy atom. The molecule has 112 valence electrons. The van der Waals surface area contributed by atoms with Gasteiger partial charge in [-0.2, -0.15) is 5.10 Å². The van der Waals surface area contributed by atoms with Crippen molar-refractivity contribution in [2.75, 3.05) is 23.7 Å². The van der Waals surface area contributed by atoms with Gasteiger partial charge in [0.1, 0.15) is 17.5 Å². The van der Waals surface area contributed by atoms with Gasteiger partial charge in [-0.3, -0.25) is 5.10 Å². The van der Waals surface area contributed by atoms with Gasteiger partial charge in [-0.1, -0.05) is 0 Å². The summed E-state index contributed by atoms with van der Waals surface area (Å²) in [5, 5.41) is 17.1. The zero-order chi connectivity index (χ0) is 14.7. The number of rotatable bonds is 4. The molecule has 4 N–H and O–H groups in total. The lowest BCUT2D eigenvalue weighted by Gasteiger charge is -2.24. The first kappa shape index (κ1) is 13.8. The minimum atomic E-state index is 0.473. The summed E-state index contributed by atoms with van der Waals surface area (Å²) in [6.07, 6.45) is 2.23. The molecule has 1 aliphatic heterocycles. The average Bonchev–Trinajstić information content (AvgIpc) is 2.84. The number of nitrogens with zero attached hydrogens (tertiary/aromatic N) is 3. The van der Waals surface area contributed by atoms with E-state index in [9.17, 15) is 0 Å². The monoisotopic (exact) mass is 287 g/mol. The highest BCUT2D eigenvalue weighted by Crippen LogP contribution is 2.18. The van der Waals surface area contributed by atoms with Gasteiger partial charge >= 0.3 is 0 Å². The van der Waals surface area contributed by atoms with Gasteiger partial charge in [0, 0.05) is 23.9 Å². The van der Waals surface area contributed by atoms with Gasteiger partial charge in [0.25, 0.3) is 0 Å². The van der Waals surface area contributed by atoms with Crippen LogP contribution in [0.5, 0.6) is 0 Å². The lowest BCUT2D eigenvalue weighted by molar-refractivity contribution is 0.478. The molecule has 0 unspecified atom stereocenters. The van der Waals surface area contributed by atoms with Crippen LogP contribution in [-0.2, 0) is 0 Å². The second-order valence-corrected chi connectivity index (χ2v) is 5.42. The molecule has 7 nitrogen and oxygen atoms in total. The molecule has 0 aromatic carbocycles. The Kier molecular flexibility index (Phi) is 4.01. The van der Waals surface area contributed by atoms with Gasteiger partial charge in [-0.15, -0.1) is 0 Å². The standard InChI is InChI=1S/C14H21N7/c1-9-7-14(21-20-9)19-13-8-12(16-10(2)17-13)18-11-3-5-15-6-4-11/h7-8,11,15H,3-6H2,1-2H3,(H3,16,17,18,19,20,21). The number of H-pyrrole nitrogens is 1. The number of nitrogens with one attached hydrogen (secondary N) is 4. The molecule has 1 saturated heterocycles. The maximum Gasteiger partial charge on any atom is 0.153 e. The molecule has 1 aliphatic rings. The van der Waals surface area contributed by atoms with Gasteiger partial charge in [-0.25, -0.2) is 9.97 Å². The SMILES string of the molecule is Cc1nc(Nc2cc(C)[nH]n2)cc(NC2CCNCC2)n1. The minimum absolute atomic E-state index is 0.473. The van der Waals surface area contributed by atoms with E-state index in [1.165, 1.54) is 0 Å². The number of piperidine rings is 1. The second kappa shape index (κ2) is 6.09. The first-order valence-electron chi connectivity index (χ1n) is 7.31. The van der Waals surface area contributed by atoms with Crippen LogP contribution >= 0.6 is 0 Å². The highest BCUT2D eigenvalue weighted by Gasteiger charge is 2.14. The van der Waals surface area contributed by atoms with E-state index in [4.69, 9.17) is 0 Å². The smallest absolute Gasteiger partial charge is 0.153 e. The number of anilines is 3. The van der Waals surface area contributed by atoms with E-state index in [2.05, 4.69) is 36.1 Å². The molecular weight excluding hydrogens is 266 g/mol. The van der Waals surface area contributed by atoms with Crippen LogP contribution in [0.25, 0.3) is 0 Å². The summed E-state index contributed by atoms with van der Waals surface area (Å²) >= 11 is 0. The molecule has 1 fully saturated rings. The predicted octanol–water partition coefficient (Wildman–Crippen LogP) is 1.72. The molecule has 0 radical (unpaired) electrons. The second-order valence-electron chi connectivity index (χ2n) is 5.42. The normalized spacial score (nSPS) is 15.9. The third-order valence-electron chi connectivity index (χ3n) is 3.49. The number of aromatic nitrogens is 4. The Hall–Kier alpha value is -2.15. The van der Waals surface area contributed by atoms with Crippen LogP contribution in [0.3, 0.4) is 0 Å². The molecule has 2 aromatic heterocycles. The fraction of sp³-hybridized carbons (Fsp3) is 0.500. The van der Waals surface area contributed by atoms with Crippen molar-refractivity contribution >= 4 is 17.5 Å². The molecular formula is C14H21N7. The number of hydrogen-bond acceptors (Lipinski definition) is 6. The molecule has 3 rings (SSSR count). The van der Waals surface area contributed by atoms with E-state index < -0.39 is 0 Å². The molecule has 0 spiro atoms. The van der Waals surface area contributed by atoms with E-state index in [1.54, 1.807) is 0 Å². The van der Waals surface area contributed by atoms with Crippen LogP contribution in [0.1, 0.15) is 24.4 Å². The Labute approximate surface area is 124 Å². The first-order valence-corrected chi connectivity index (χ1v) is 7.31. The molecule has 21 heavy (non-hydrogen) atoms. The van der Waals surface area contributed by atoms with Crippen molar-refractivity contribution in [2.24, 2.45) is 0 Å². The Balaban J connectivity index is 1.72. The van der Waals surface area contributed by atoms with Crippen molar-refractivity contribution in [1.29, 1.82) is 0 Å². The third kappa shape index (κ3) is 3.69. The van der Waals surface area contributed by atoms with Crippen LogP contribution in [0.4, 0.5) is 17.5 Å². The van der Waals surface area contributed by atoms with Crippen LogP contribution in [0.2, 0.25) is 0 Å². The summed E-state index contributed by atoms with van der Waals surface area (Å²) in [6.45, 7) is 5.97. The van der Waals surface area contributed by atoms with Crippen molar-refractivity contribution in [3.05, 3.63) is 23.7 Å². The summed E-state index contributed by atoms with van der Waals surface area (Å²) in [5.41, 5.74) is 1.01. The molecule has 2 aromatic rings. The minimum Gasteiger partial charge on any atom is -0.367 e. The Morgan fingerprint density at radius 2 is 1.81 bits per heavy atom. The third-order valence-corrected chi connectivity index (χ3v) is 3.49. The Morgan fingerprint density at radius 1 is 1.05 bits per heavy atom. The average molecular weight is 287 g/mol. The van der Waals surface area contributed by atoms with E-state index in [-0.39, 0.29) is 0 Å². The van der Waals surface area contributed by atoms with Crippen LogP contribution in [0, 0.1) is 13.8 Å². The van der Waals surface area contributed by atoms with Gasteiger partial charge < -0.3 is 16.0 Å². The molecule has 0 bridgehead atoms. The highest BCUT2D eigenvalue weighted by atomic mass is 15.2. The zero-order valence-electron chi connectivity index (χ0n) is 12.4. The molecule has 3 heterocycles. The van der Waals surface area contributed by atoms with E-state index >= 15 is 0 Å². The molecule has 0 aliphatic carbocycles. The van der Waals surface area contributed by atoms with Gasteiger partial charge in [0.05, 0.1) is 0 Å². The molecule has 0 amide bonds. The summed E-state index contributed by atoms with van der Waals surface area (Å²) < 4.78 is 0. The molecule has 0 atom stereocenters. The fourth-order valence-corrected chi connectivity index (χ4v) is 2.49. The summed E-state index contributed by atoms with van der Waals surface area (Å²) in [4.78, 5) is 8.87. The van der Waals surface area contributed by atoms with Crippen molar-refractivity contribution in [3.8, 4) is 0 Å². The maximum atomic E-state index is 4.46. The number of aromatic amines is 1. The largest absolute Gasteiger partial charge is 0.367 e. The first-order chi connectivity index (χ1) is 10.2. The number of aryl methyl sites for hydroxylation is 2. The quantitative estimate of drug-likeness (QED) is 0.684. The lowest BCUT2D eigenvalue weighted by Crippen LogP contribution is -2.35. The van der Waals surface area contributed by atoms with Crippen molar-refractivity contribution in [2.45, 2.75) is 32.7 Å². The topological polar surface area (TPSA) is 90.5 Å². The Bertz CT molecular complexity index is 601. The highest BCUT2D eigenvalue weighted by molar-refractivity contribution is 5.56. The van der Waals surface area contributed by atoms with E-state index in [1.807, 2.05) is 26.0 Å². The maximum absolute atomic E-state index is 4.46. The van der Waals surface area contributed by atoms with Crippen molar-refractivity contribution < 1.29 is 0 Å². The fourth-order valence-electron chi connectivity index (χ4n) is 2.49. The number of hydrogen-bond donors (Lipinski definition) is 4.